The van der Waals surface area contributed by atoms with Crippen molar-refractivity contribution in [1.82, 2.24) is 5.06 Å². The van der Waals surface area contributed by atoms with Crippen LogP contribution in [0.4, 0.5) is 0 Å². The van der Waals surface area contributed by atoms with Crippen LogP contribution in [-0.4, -0.2) is 54.7 Å². The summed E-state index contributed by atoms with van der Waals surface area (Å²) >= 11 is 0. The van der Waals surface area contributed by atoms with Crippen molar-refractivity contribution in [2.24, 2.45) is 0 Å². The highest BCUT2D eigenvalue weighted by molar-refractivity contribution is 5.38. The minimum Gasteiger partial charge on any atom is -0.508 e. The number of rotatable bonds is 7. The molecule has 1 atom stereocenters. The summed E-state index contributed by atoms with van der Waals surface area (Å²) in [4.78, 5) is 0. The third-order valence-electron chi connectivity index (χ3n) is 3.81. The summed E-state index contributed by atoms with van der Waals surface area (Å²) in [6.07, 6.45) is 0.0842. The summed E-state index contributed by atoms with van der Waals surface area (Å²) in [7, 11) is 0. The third kappa shape index (κ3) is 4.36. The monoisotopic (exact) mass is 335 g/mol. The molecule has 0 radical (unpaired) electrons. The summed E-state index contributed by atoms with van der Waals surface area (Å²) in [5.74, 6) is 0.0209. The van der Waals surface area contributed by atoms with Crippen molar-refractivity contribution >= 4 is 0 Å². The maximum atomic E-state index is 10.5. The van der Waals surface area contributed by atoms with Crippen molar-refractivity contribution < 1.29 is 30.7 Å². The van der Waals surface area contributed by atoms with Crippen molar-refractivity contribution in [2.45, 2.75) is 18.6 Å². The standard InChI is InChI=1S/C17H21NO6/c19-11-17(23,10-12-1-3-14(20)4-2-12)18(24)8-7-13-9-15(21)5-6-16(13)22/h1-6,9,19-24H,7-8,10-11H2/t17-/m1/s1. The molecule has 0 aliphatic rings. The quantitative estimate of drug-likeness (QED) is 0.253. The number of phenolic OH excluding ortho intramolecular Hbond substituents is 3. The zero-order valence-corrected chi connectivity index (χ0v) is 13.0. The molecule has 2 aromatic carbocycles. The Morgan fingerprint density at radius 3 is 2.17 bits per heavy atom. The van der Waals surface area contributed by atoms with Crippen LogP contribution >= 0.6 is 0 Å². The maximum Gasteiger partial charge on any atom is 0.167 e. The number of aliphatic hydroxyl groups is 2. The highest BCUT2D eigenvalue weighted by Crippen LogP contribution is 2.24. The Labute approximate surface area is 139 Å². The van der Waals surface area contributed by atoms with Crippen molar-refractivity contribution in [3.05, 3.63) is 53.6 Å². The van der Waals surface area contributed by atoms with Gasteiger partial charge >= 0.3 is 0 Å². The average molecular weight is 335 g/mol. The smallest absolute Gasteiger partial charge is 0.167 e. The van der Waals surface area contributed by atoms with Gasteiger partial charge in [-0.05, 0) is 47.9 Å². The molecule has 0 heterocycles. The molecule has 0 amide bonds. The summed E-state index contributed by atoms with van der Waals surface area (Å²) in [5.41, 5.74) is -0.897. The number of phenols is 3. The molecule has 6 N–H and O–H groups in total. The second-order valence-corrected chi connectivity index (χ2v) is 5.67. The predicted octanol–water partition coefficient (Wildman–Crippen LogP) is 0.961. The van der Waals surface area contributed by atoms with Gasteiger partial charge in [-0.2, -0.15) is 5.06 Å². The normalized spacial score (nSPS) is 13.8. The van der Waals surface area contributed by atoms with Crippen LogP contribution in [0.2, 0.25) is 0 Å². The Bertz CT molecular complexity index is 675. The molecular formula is C17H21NO6. The highest BCUT2D eigenvalue weighted by atomic mass is 16.5. The van der Waals surface area contributed by atoms with E-state index in [9.17, 15) is 30.7 Å². The van der Waals surface area contributed by atoms with E-state index in [1.165, 1.54) is 30.3 Å². The van der Waals surface area contributed by atoms with Crippen molar-refractivity contribution in [2.75, 3.05) is 13.2 Å². The number of hydroxylamine groups is 2. The van der Waals surface area contributed by atoms with E-state index >= 15 is 0 Å². The molecule has 24 heavy (non-hydrogen) atoms. The van der Waals surface area contributed by atoms with E-state index in [0.29, 0.717) is 16.2 Å². The van der Waals surface area contributed by atoms with Gasteiger partial charge in [-0.25, -0.2) is 0 Å². The Hall–Kier alpha value is -2.32. The van der Waals surface area contributed by atoms with Gasteiger partial charge in [0.15, 0.2) is 5.72 Å². The lowest BCUT2D eigenvalue weighted by Gasteiger charge is -2.34. The number of aliphatic hydroxyl groups excluding tert-OH is 1. The molecular weight excluding hydrogens is 314 g/mol. The Balaban J connectivity index is 2.05. The summed E-state index contributed by atoms with van der Waals surface area (Å²) in [6.45, 7) is -0.789. The number of hydrogen-bond donors (Lipinski definition) is 6. The molecule has 0 saturated heterocycles. The second kappa shape index (κ2) is 7.50. The molecule has 0 saturated carbocycles. The Kier molecular flexibility index (Phi) is 5.63. The van der Waals surface area contributed by atoms with Crippen LogP contribution in [0.15, 0.2) is 42.5 Å². The molecule has 2 rings (SSSR count). The molecule has 130 valence electrons. The predicted molar refractivity (Wildman–Crippen MR) is 85.8 cm³/mol. The van der Waals surface area contributed by atoms with E-state index in [0.717, 1.165) is 0 Å². The van der Waals surface area contributed by atoms with E-state index < -0.39 is 12.3 Å². The van der Waals surface area contributed by atoms with Gasteiger partial charge in [-0.3, -0.25) is 0 Å². The molecule has 0 spiro atoms. The van der Waals surface area contributed by atoms with Crippen LogP contribution in [0.1, 0.15) is 11.1 Å². The van der Waals surface area contributed by atoms with Crippen LogP contribution in [0, 0.1) is 0 Å². The topological polar surface area (TPSA) is 125 Å². The van der Waals surface area contributed by atoms with Gasteiger partial charge in [0.2, 0.25) is 0 Å². The third-order valence-corrected chi connectivity index (χ3v) is 3.81. The fourth-order valence-electron chi connectivity index (χ4n) is 2.38. The first-order valence-electron chi connectivity index (χ1n) is 7.42. The van der Waals surface area contributed by atoms with E-state index in [4.69, 9.17) is 0 Å². The molecule has 7 nitrogen and oxygen atoms in total. The van der Waals surface area contributed by atoms with E-state index in [1.54, 1.807) is 12.1 Å². The van der Waals surface area contributed by atoms with Gasteiger partial charge in [0, 0.05) is 13.0 Å². The highest BCUT2D eigenvalue weighted by Gasteiger charge is 2.33. The fourth-order valence-corrected chi connectivity index (χ4v) is 2.38. The second-order valence-electron chi connectivity index (χ2n) is 5.67. The number of benzene rings is 2. The van der Waals surface area contributed by atoms with Crippen molar-refractivity contribution in [3.8, 4) is 17.2 Å². The number of nitrogens with zero attached hydrogens (tertiary/aromatic N) is 1. The largest absolute Gasteiger partial charge is 0.508 e. The Morgan fingerprint density at radius 2 is 1.54 bits per heavy atom. The molecule has 0 unspecified atom stereocenters. The van der Waals surface area contributed by atoms with Crippen LogP contribution in [0.5, 0.6) is 17.2 Å². The molecule has 0 aromatic heterocycles. The van der Waals surface area contributed by atoms with Crippen LogP contribution in [0.25, 0.3) is 0 Å². The molecule has 0 aliphatic heterocycles. The van der Waals surface area contributed by atoms with Crippen LogP contribution < -0.4 is 0 Å². The van der Waals surface area contributed by atoms with Crippen molar-refractivity contribution in [1.29, 1.82) is 0 Å². The first-order chi connectivity index (χ1) is 11.3. The zero-order valence-electron chi connectivity index (χ0n) is 13.0. The van der Waals surface area contributed by atoms with E-state index in [-0.39, 0.29) is 36.6 Å². The lowest BCUT2D eigenvalue weighted by molar-refractivity contribution is -0.273. The van der Waals surface area contributed by atoms with Crippen molar-refractivity contribution in [3.63, 3.8) is 0 Å². The molecule has 0 aliphatic carbocycles. The van der Waals surface area contributed by atoms with Gasteiger partial charge in [0.25, 0.3) is 0 Å². The van der Waals surface area contributed by atoms with Gasteiger partial charge in [-0.15, -0.1) is 0 Å². The summed E-state index contributed by atoms with van der Waals surface area (Å²) in [6, 6.07) is 10.1. The Morgan fingerprint density at radius 1 is 0.917 bits per heavy atom. The van der Waals surface area contributed by atoms with E-state index in [1.807, 2.05) is 0 Å². The summed E-state index contributed by atoms with van der Waals surface area (Å²) < 4.78 is 0. The number of hydrogen-bond acceptors (Lipinski definition) is 7. The lowest BCUT2D eigenvalue weighted by atomic mass is 10.0. The molecule has 0 fully saturated rings. The summed E-state index contributed by atoms with van der Waals surface area (Å²) in [5, 5.41) is 59.1. The lowest BCUT2D eigenvalue weighted by Crippen LogP contribution is -2.52. The van der Waals surface area contributed by atoms with Crippen LogP contribution in [0.3, 0.4) is 0 Å². The number of aromatic hydroxyl groups is 3. The van der Waals surface area contributed by atoms with Crippen LogP contribution in [-0.2, 0) is 12.8 Å². The maximum absolute atomic E-state index is 10.5. The minimum atomic E-state index is -1.91. The van der Waals surface area contributed by atoms with Gasteiger partial charge in [0.1, 0.15) is 17.2 Å². The molecule has 2 aromatic rings. The fraction of sp³-hybridized carbons (Fsp3) is 0.294. The zero-order chi connectivity index (χ0) is 17.7. The molecule has 0 bridgehead atoms. The molecule has 7 heteroatoms. The van der Waals surface area contributed by atoms with E-state index in [2.05, 4.69) is 0 Å². The first-order valence-corrected chi connectivity index (χ1v) is 7.42. The minimum absolute atomic E-state index is 0.0196. The SMILES string of the molecule is OC[C@](O)(Cc1ccc(O)cc1)N(O)CCc1cc(O)ccc1O. The average Bonchev–Trinajstić information content (AvgIpc) is 2.57. The first kappa shape index (κ1) is 18.0. The van der Waals surface area contributed by atoms with Gasteiger partial charge < -0.3 is 30.7 Å². The van der Waals surface area contributed by atoms with Gasteiger partial charge in [-0.1, -0.05) is 12.1 Å². The van der Waals surface area contributed by atoms with Gasteiger partial charge in [0.05, 0.1) is 6.61 Å².